The van der Waals surface area contributed by atoms with Crippen molar-refractivity contribution in [2.45, 2.75) is 25.7 Å². The number of nitrogens with two attached hydrogens (primary N) is 1. The second kappa shape index (κ2) is 5.81. The first-order chi connectivity index (χ1) is 12.0. The quantitative estimate of drug-likeness (QED) is 0.638. The first-order valence-corrected chi connectivity index (χ1v) is 8.41. The van der Waals surface area contributed by atoms with E-state index in [1.165, 1.54) is 12.8 Å². The number of anilines is 3. The molecule has 4 N–H and O–H groups in total. The van der Waals surface area contributed by atoms with Gasteiger partial charge in [0.1, 0.15) is 5.69 Å². The van der Waals surface area contributed by atoms with E-state index in [0.29, 0.717) is 17.4 Å². The summed E-state index contributed by atoms with van der Waals surface area (Å²) in [5.74, 6) is 1.26. The minimum absolute atomic E-state index is 0.0960. The van der Waals surface area contributed by atoms with Crippen LogP contribution in [0.1, 0.15) is 30.0 Å². The van der Waals surface area contributed by atoms with E-state index in [4.69, 9.17) is 5.73 Å². The number of nitrogens with zero attached hydrogens (tertiary/aromatic N) is 2. The number of rotatable bonds is 4. The Bertz CT molecular complexity index is 997. The molecular weight excluding hydrogens is 314 g/mol. The molecule has 1 saturated carbocycles. The Morgan fingerprint density at radius 3 is 2.88 bits per heavy atom. The third kappa shape index (κ3) is 2.91. The number of aromatic nitrogens is 3. The van der Waals surface area contributed by atoms with E-state index >= 15 is 0 Å². The van der Waals surface area contributed by atoms with E-state index in [1.807, 2.05) is 43.5 Å². The van der Waals surface area contributed by atoms with E-state index in [2.05, 4.69) is 15.5 Å². The molecular formula is C19H21N5O. The molecule has 1 fully saturated rings. The number of hydrogen-bond donors (Lipinski definition) is 3. The van der Waals surface area contributed by atoms with Crippen LogP contribution in [0, 0.1) is 6.92 Å². The molecule has 3 aromatic rings. The van der Waals surface area contributed by atoms with Gasteiger partial charge >= 0.3 is 0 Å². The maximum Gasteiger partial charge on any atom is 0.274 e. The molecule has 0 spiro atoms. The molecule has 0 saturated heterocycles. The van der Waals surface area contributed by atoms with Gasteiger partial charge in [0.2, 0.25) is 0 Å². The van der Waals surface area contributed by atoms with E-state index in [0.717, 1.165) is 28.1 Å². The average Bonchev–Trinajstić information content (AvgIpc) is 3.34. The molecule has 0 amide bonds. The number of aromatic amines is 1. The molecule has 4 rings (SSSR count). The zero-order valence-electron chi connectivity index (χ0n) is 14.3. The minimum atomic E-state index is -0.0960. The predicted molar refractivity (Wildman–Crippen MR) is 100 cm³/mol. The molecule has 0 atom stereocenters. The largest absolute Gasteiger partial charge is 0.398 e. The Morgan fingerprint density at radius 1 is 1.32 bits per heavy atom. The zero-order chi connectivity index (χ0) is 17.6. The summed E-state index contributed by atoms with van der Waals surface area (Å²) in [6.45, 7) is 1.98. The Morgan fingerprint density at radius 2 is 2.12 bits per heavy atom. The summed E-state index contributed by atoms with van der Waals surface area (Å²) in [7, 11) is 1.75. The Labute approximate surface area is 145 Å². The highest BCUT2D eigenvalue weighted by Gasteiger charge is 2.25. The molecule has 0 bridgehead atoms. The standard InChI is InChI=1S/C19H21N5O/c1-11-14(4-3-5-15(11)20)13-8-17(19(25)24(2)10-13)21-18-9-16(22-23-18)12-6-7-12/h3-5,8-10,12H,6-7,20H2,1-2H3,(H2,21,22,23). The lowest BCUT2D eigenvalue weighted by Gasteiger charge is -2.12. The van der Waals surface area contributed by atoms with Crippen LogP contribution < -0.4 is 16.6 Å². The monoisotopic (exact) mass is 335 g/mol. The maximum absolute atomic E-state index is 12.5. The number of nitrogen functional groups attached to an aromatic ring is 1. The molecule has 1 aliphatic rings. The van der Waals surface area contributed by atoms with Crippen LogP contribution in [0.2, 0.25) is 0 Å². The van der Waals surface area contributed by atoms with Crippen LogP contribution in [0.5, 0.6) is 0 Å². The van der Waals surface area contributed by atoms with Crippen LogP contribution in [-0.2, 0) is 7.05 Å². The van der Waals surface area contributed by atoms with Crippen molar-refractivity contribution < 1.29 is 0 Å². The summed E-state index contributed by atoms with van der Waals surface area (Å²) in [5.41, 5.74) is 11.2. The summed E-state index contributed by atoms with van der Waals surface area (Å²) in [4.78, 5) is 12.5. The first kappa shape index (κ1) is 15.5. The van der Waals surface area contributed by atoms with Crippen molar-refractivity contribution in [3.05, 3.63) is 58.1 Å². The van der Waals surface area contributed by atoms with Gasteiger partial charge in [-0.1, -0.05) is 12.1 Å². The fourth-order valence-corrected chi connectivity index (χ4v) is 3.06. The van der Waals surface area contributed by atoms with Crippen molar-refractivity contribution in [1.82, 2.24) is 14.8 Å². The van der Waals surface area contributed by atoms with Gasteiger partial charge in [0.25, 0.3) is 5.56 Å². The van der Waals surface area contributed by atoms with Gasteiger partial charge in [-0.05, 0) is 43.0 Å². The Kier molecular flexibility index (Phi) is 3.60. The van der Waals surface area contributed by atoms with Crippen LogP contribution >= 0.6 is 0 Å². The van der Waals surface area contributed by atoms with Gasteiger partial charge in [0, 0.05) is 42.2 Å². The van der Waals surface area contributed by atoms with Crippen LogP contribution in [-0.4, -0.2) is 14.8 Å². The van der Waals surface area contributed by atoms with Crippen LogP contribution in [0.3, 0.4) is 0 Å². The van der Waals surface area contributed by atoms with Crippen LogP contribution in [0.25, 0.3) is 11.1 Å². The topological polar surface area (TPSA) is 88.7 Å². The van der Waals surface area contributed by atoms with E-state index in [9.17, 15) is 4.79 Å². The molecule has 0 aliphatic heterocycles. The molecule has 2 heterocycles. The number of pyridine rings is 1. The molecule has 0 unspecified atom stereocenters. The fraction of sp³-hybridized carbons (Fsp3) is 0.263. The first-order valence-electron chi connectivity index (χ1n) is 8.41. The number of H-pyrrole nitrogens is 1. The SMILES string of the molecule is Cc1c(N)cccc1-c1cc(Nc2cc(C3CC3)[nH]n2)c(=O)n(C)c1. The summed E-state index contributed by atoms with van der Waals surface area (Å²) >= 11 is 0. The highest BCUT2D eigenvalue weighted by molar-refractivity contribution is 5.75. The van der Waals surface area contributed by atoms with Gasteiger partial charge in [0.05, 0.1) is 0 Å². The van der Waals surface area contributed by atoms with Gasteiger partial charge < -0.3 is 15.6 Å². The van der Waals surface area contributed by atoms with Crippen molar-refractivity contribution in [3.8, 4) is 11.1 Å². The summed E-state index contributed by atoms with van der Waals surface area (Å²) < 4.78 is 1.58. The Hall–Kier alpha value is -3.02. The van der Waals surface area contributed by atoms with E-state index in [-0.39, 0.29) is 5.56 Å². The second-order valence-electron chi connectivity index (χ2n) is 6.69. The number of aryl methyl sites for hydroxylation is 1. The average molecular weight is 335 g/mol. The van der Waals surface area contributed by atoms with Crippen molar-refractivity contribution in [2.75, 3.05) is 11.1 Å². The molecule has 0 radical (unpaired) electrons. The molecule has 6 nitrogen and oxygen atoms in total. The number of benzene rings is 1. The van der Waals surface area contributed by atoms with Crippen LogP contribution in [0.15, 0.2) is 41.3 Å². The van der Waals surface area contributed by atoms with Gasteiger partial charge in [-0.25, -0.2) is 0 Å². The number of nitrogens with one attached hydrogen (secondary N) is 2. The maximum atomic E-state index is 12.5. The lowest BCUT2D eigenvalue weighted by Crippen LogP contribution is -2.19. The molecule has 1 aliphatic carbocycles. The minimum Gasteiger partial charge on any atom is -0.398 e. The molecule has 25 heavy (non-hydrogen) atoms. The van der Waals surface area contributed by atoms with Crippen molar-refractivity contribution in [2.24, 2.45) is 7.05 Å². The highest BCUT2D eigenvalue weighted by atomic mass is 16.1. The third-order valence-electron chi connectivity index (χ3n) is 4.75. The fourth-order valence-electron chi connectivity index (χ4n) is 3.06. The molecule has 128 valence electrons. The van der Waals surface area contributed by atoms with E-state index < -0.39 is 0 Å². The highest BCUT2D eigenvalue weighted by Crippen LogP contribution is 2.39. The lowest BCUT2D eigenvalue weighted by atomic mass is 10.0. The van der Waals surface area contributed by atoms with Crippen LogP contribution in [0.4, 0.5) is 17.2 Å². The van der Waals surface area contributed by atoms with Gasteiger partial charge in [0.15, 0.2) is 5.82 Å². The van der Waals surface area contributed by atoms with Crippen molar-refractivity contribution >= 4 is 17.2 Å². The normalized spacial score (nSPS) is 13.8. The summed E-state index contributed by atoms with van der Waals surface area (Å²) in [6.07, 6.45) is 4.23. The van der Waals surface area contributed by atoms with Gasteiger partial charge in [-0.15, -0.1) is 0 Å². The molecule has 1 aromatic carbocycles. The third-order valence-corrected chi connectivity index (χ3v) is 4.75. The van der Waals surface area contributed by atoms with Gasteiger partial charge in [-0.3, -0.25) is 9.89 Å². The predicted octanol–water partition coefficient (Wildman–Crippen LogP) is 3.29. The van der Waals surface area contributed by atoms with Crippen molar-refractivity contribution in [1.29, 1.82) is 0 Å². The zero-order valence-corrected chi connectivity index (χ0v) is 14.3. The molecule has 2 aromatic heterocycles. The second-order valence-corrected chi connectivity index (χ2v) is 6.69. The Balaban J connectivity index is 1.73. The lowest BCUT2D eigenvalue weighted by molar-refractivity contribution is 0.864. The smallest absolute Gasteiger partial charge is 0.274 e. The summed E-state index contributed by atoms with van der Waals surface area (Å²) in [6, 6.07) is 9.65. The number of hydrogen-bond acceptors (Lipinski definition) is 4. The van der Waals surface area contributed by atoms with Gasteiger partial charge in [-0.2, -0.15) is 5.10 Å². The van der Waals surface area contributed by atoms with Crippen molar-refractivity contribution in [3.63, 3.8) is 0 Å². The molecule has 6 heteroatoms. The van der Waals surface area contributed by atoms with E-state index in [1.54, 1.807) is 11.6 Å². The summed E-state index contributed by atoms with van der Waals surface area (Å²) in [5, 5.41) is 10.5.